The van der Waals surface area contributed by atoms with Gasteiger partial charge in [-0.2, -0.15) is 0 Å². The lowest BCUT2D eigenvalue weighted by molar-refractivity contribution is -0.384. The minimum atomic E-state index is -0.794. The molecule has 114 valence electrons. The van der Waals surface area contributed by atoms with E-state index in [0.717, 1.165) is 6.07 Å². The molecule has 0 radical (unpaired) electrons. The summed E-state index contributed by atoms with van der Waals surface area (Å²) in [5.41, 5.74) is 1.44. The van der Waals surface area contributed by atoms with Gasteiger partial charge in [0.15, 0.2) is 0 Å². The molecule has 0 saturated heterocycles. The summed E-state index contributed by atoms with van der Waals surface area (Å²) < 4.78 is 0. The van der Waals surface area contributed by atoms with Crippen LogP contribution in [0.25, 0.3) is 0 Å². The summed E-state index contributed by atoms with van der Waals surface area (Å²) in [6, 6.07) is 3.65. The van der Waals surface area contributed by atoms with Gasteiger partial charge >= 0.3 is 5.97 Å². The van der Waals surface area contributed by atoms with Gasteiger partial charge in [0.1, 0.15) is 12.2 Å². The molecule has 0 bridgehead atoms. The molecule has 1 aromatic carbocycles. The second-order valence-electron chi connectivity index (χ2n) is 5.35. The third kappa shape index (κ3) is 5.03. The van der Waals surface area contributed by atoms with E-state index in [1.807, 2.05) is 0 Å². The number of halogens is 1. The summed E-state index contributed by atoms with van der Waals surface area (Å²) >= 11 is 5.82. The van der Waals surface area contributed by atoms with E-state index < -0.39 is 22.7 Å². The number of hydrogen-bond acceptors (Lipinski definition) is 6. The molecule has 0 heterocycles. The van der Waals surface area contributed by atoms with Crippen molar-refractivity contribution >= 4 is 34.7 Å². The van der Waals surface area contributed by atoms with E-state index >= 15 is 0 Å². The van der Waals surface area contributed by atoms with E-state index in [9.17, 15) is 19.7 Å². The average molecular weight is 315 g/mol. The fraction of sp³-hybridized carbons (Fsp3) is 0.385. The Labute approximate surface area is 126 Å². The Kier molecular flexibility index (Phi) is 5.26. The van der Waals surface area contributed by atoms with Gasteiger partial charge in [-0.15, -0.1) is 0 Å². The van der Waals surface area contributed by atoms with Crippen LogP contribution >= 0.6 is 11.6 Å². The fourth-order valence-electron chi connectivity index (χ4n) is 1.25. The van der Waals surface area contributed by atoms with Crippen LogP contribution in [0.2, 0.25) is 5.02 Å². The normalized spacial score (nSPS) is 10.9. The van der Waals surface area contributed by atoms with E-state index in [4.69, 9.17) is 16.4 Å². The van der Waals surface area contributed by atoms with Crippen molar-refractivity contribution in [1.29, 1.82) is 0 Å². The first-order chi connectivity index (χ1) is 9.61. The maximum Gasteiger partial charge on any atom is 0.339 e. The number of hydrogen-bond donors (Lipinski definition) is 1. The van der Waals surface area contributed by atoms with Crippen LogP contribution in [-0.2, 0) is 14.4 Å². The van der Waals surface area contributed by atoms with Crippen molar-refractivity contribution in [3.63, 3.8) is 0 Å². The molecule has 21 heavy (non-hydrogen) atoms. The topological polar surface area (TPSA) is 98.5 Å². The highest BCUT2D eigenvalue weighted by Gasteiger charge is 2.24. The molecule has 0 fully saturated rings. The summed E-state index contributed by atoms with van der Waals surface area (Å²) in [4.78, 5) is 37.9. The Morgan fingerprint density at radius 1 is 1.38 bits per heavy atom. The van der Waals surface area contributed by atoms with Gasteiger partial charge in [0.25, 0.3) is 5.69 Å². The van der Waals surface area contributed by atoms with Crippen LogP contribution in [0.1, 0.15) is 27.2 Å². The van der Waals surface area contributed by atoms with E-state index in [1.165, 1.54) is 12.1 Å². The molecule has 0 saturated carbocycles. The quantitative estimate of drug-likeness (QED) is 0.509. The van der Waals surface area contributed by atoms with Crippen LogP contribution in [0, 0.1) is 15.5 Å². The van der Waals surface area contributed by atoms with Crippen LogP contribution in [0.5, 0.6) is 0 Å². The van der Waals surface area contributed by atoms with Crippen LogP contribution < -0.4 is 5.48 Å². The third-order valence-corrected chi connectivity index (χ3v) is 2.91. The van der Waals surface area contributed by atoms with Gasteiger partial charge in [-0.3, -0.25) is 14.9 Å². The summed E-state index contributed by atoms with van der Waals surface area (Å²) in [6.07, 6.45) is -0.400. The number of nitrogens with zero attached hydrogens (tertiary/aromatic N) is 1. The molecule has 8 heteroatoms. The van der Waals surface area contributed by atoms with E-state index in [1.54, 1.807) is 20.8 Å². The number of rotatable bonds is 5. The van der Waals surface area contributed by atoms with Crippen molar-refractivity contribution in [2.75, 3.05) is 5.48 Å². The fourth-order valence-corrected chi connectivity index (χ4v) is 1.41. The highest BCUT2D eigenvalue weighted by atomic mass is 35.5. The molecule has 0 aromatic heterocycles. The monoisotopic (exact) mass is 314 g/mol. The van der Waals surface area contributed by atoms with Gasteiger partial charge in [0.2, 0.25) is 0 Å². The maximum absolute atomic E-state index is 11.7. The SMILES string of the molecule is CC(C)(C)C(=O)CC(=O)ONc1cc([N+](=O)[O-])ccc1Cl. The van der Waals surface area contributed by atoms with Crippen molar-refractivity contribution in [3.8, 4) is 0 Å². The number of anilines is 1. The summed E-state index contributed by atoms with van der Waals surface area (Å²) in [6.45, 7) is 5.06. The van der Waals surface area contributed by atoms with Gasteiger partial charge in [-0.25, -0.2) is 10.3 Å². The predicted octanol–water partition coefficient (Wildman–Crippen LogP) is 3.12. The molecule has 0 aliphatic rings. The molecule has 0 atom stereocenters. The number of carbonyl (C=O) groups is 2. The van der Waals surface area contributed by atoms with Crippen molar-refractivity contribution in [2.24, 2.45) is 5.41 Å². The lowest BCUT2D eigenvalue weighted by atomic mass is 9.89. The van der Waals surface area contributed by atoms with Gasteiger partial charge in [0, 0.05) is 17.5 Å². The smallest absolute Gasteiger partial charge is 0.339 e. The Bertz CT molecular complexity index is 580. The Morgan fingerprint density at radius 2 is 2.00 bits per heavy atom. The zero-order valence-corrected chi connectivity index (χ0v) is 12.6. The molecular weight excluding hydrogens is 300 g/mol. The molecule has 1 N–H and O–H groups in total. The lowest BCUT2D eigenvalue weighted by Crippen LogP contribution is -2.25. The van der Waals surface area contributed by atoms with Crippen molar-refractivity contribution in [2.45, 2.75) is 27.2 Å². The highest BCUT2D eigenvalue weighted by molar-refractivity contribution is 6.33. The first kappa shape index (κ1) is 16.9. The molecule has 0 amide bonds. The zero-order valence-electron chi connectivity index (χ0n) is 11.8. The van der Waals surface area contributed by atoms with Gasteiger partial charge < -0.3 is 4.84 Å². The van der Waals surface area contributed by atoms with E-state index in [0.29, 0.717) is 0 Å². The first-order valence-corrected chi connectivity index (χ1v) is 6.42. The highest BCUT2D eigenvalue weighted by Crippen LogP contribution is 2.26. The largest absolute Gasteiger partial charge is 0.343 e. The number of carbonyl (C=O) groups excluding carboxylic acids is 2. The summed E-state index contributed by atoms with van der Waals surface area (Å²) in [5, 5.41) is 10.8. The molecule has 0 aliphatic heterocycles. The molecule has 0 spiro atoms. The van der Waals surface area contributed by atoms with Crippen molar-refractivity contribution in [1.82, 2.24) is 0 Å². The Balaban J connectivity index is 2.67. The summed E-state index contributed by atoms with van der Waals surface area (Å²) in [7, 11) is 0. The first-order valence-electron chi connectivity index (χ1n) is 6.04. The molecule has 0 unspecified atom stereocenters. The second-order valence-corrected chi connectivity index (χ2v) is 5.75. The van der Waals surface area contributed by atoms with Crippen LogP contribution in [0.4, 0.5) is 11.4 Å². The van der Waals surface area contributed by atoms with Crippen LogP contribution in [0.3, 0.4) is 0 Å². The van der Waals surface area contributed by atoms with Gasteiger partial charge in [-0.05, 0) is 6.07 Å². The number of non-ortho nitro benzene ring substituents is 1. The Morgan fingerprint density at radius 3 is 2.52 bits per heavy atom. The molecule has 0 aliphatic carbocycles. The molecule has 1 rings (SSSR count). The number of nitro groups is 1. The average Bonchev–Trinajstić information content (AvgIpc) is 2.36. The number of nitro benzene ring substituents is 1. The lowest BCUT2D eigenvalue weighted by Gasteiger charge is -2.15. The summed E-state index contributed by atoms with van der Waals surface area (Å²) in [5.74, 6) is -1.07. The molecule has 1 aromatic rings. The van der Waals surface area contributed by atoms with Crippen LogP contribution in [0.15, 0.2) is 18.2 Å². The second kappa shape index (κ2) is 6.53. The molecule has 7 nitrogen and oxygen atoms in total. The minimum absolute atomic E-state index is 0.0717. The number of nitrogens with one attached hydrogen (secondary N) is 1. The number of benzene rings is 1. The van der Waals surface area contributed by atoms with Crippen LogP contribution in [-0.4, -0.2) is 16.7 Å². The third-order valence-electron chi connectivity index (χ3n) is 2.58. The standard InChI is InChI=1S/C13H15ClN2O5/c1-13(2,3)11(17)7-12(18)21-15-10-6-8(16(19)20)4-5-9(10)14/h4-6,15H,7H2,1-3H3. The van der Waals surface area contributed by atoms with E-state index in [-0.39, 0.29) is 22.2 Å². The zero-order chi connectivity index (χ0) is 16.2. The number of Topliss-reactive ketones (excluding diaryl/α,β-unsaturated/α-hetero) is 1. The molecular formula is C13H15ClN2O5. The van der Waals surface area contributed by atoms with Gasteiger partial charge in [-0.1, -0.05) is 32.4 Å². The van der Waals surface area contributed by atoms with Crippen molar-refractivity contribution < 1.29 is 19.3 Å². The van der Waals surface area contributed by atoms with Crippen molar-refractivity contribution in [3.05, 3.63) is 33.3 Å². The Hall–Kier alpha value is -2.15. The van der Waals surface area contributed by atoms with E-state index in [2.05, 4.69) is 5.48 Å². The number of ketones is 1. The maximum atomic E-state index is 11.7. The minimum Gasteiger partial charge on any atom is -0.343 e. The van der Waals surface area contributed by atoms with Gasteiger partial charge in [0.05, 0.1) is 15.6 Å². The predicted molar refractivity (Wildman–Crippen MR) is 76.9 cm³/mol.